The molecule has 1 saturated heterocycles. The summed E-state index contributed by atoms with van der Waals surface area (Å²) < 4.78 is 0. The zero-order valence-corrected chi connectivity index (χ0v) is 13.9. The molecule has 3 heterocycles. The molecule has 0 spiro atoms. The molecular weight excluding hydrogens is 312 g/mol. The minimum Gasteiger partial charge on any atom is -0.340 e. The van der Waals surface area contributed by atoms with E-state index in [-0.39, 0.29) is 0 Å². The lowest BCUT2D eigenvalue weighted by molar-refractivity contribution is 0.580. The van der Waals surface area contributed by atoms with Crippen LogP contribution in [0.4, 0.5) is 17.5 Å². The van der Waals surface area contributed by atoms with Crippen molar-refractivity contribution in [2.45, 2.75) is 0 Å². The van der Waals surface area contributed by atoms with E-state index in [2.05, 4.69) is 48.7 Å². The van der Waals surface area contributed by atoms with E-state index >= 15 is 0 Å². The summed E-state index contributed by atoms with van der Waals surface area (Å²) >= 11 is 0. The summed E-state index contributed by atoms with van der Waals surface area (Å²) in [4.78, 5) is 15.5. The van der Waals surface area contributed by atoms with Crippen LogP contribution in [0.1, 0.15) is 0 Å². The molecule has 2 aromatic heterocycles. The van der Waals surface area contributed by atoms with Crippen molar-refractivity contribution in [1.82, 2.24) is 20.3 Å². The number of piperazine rings is 1. The fourth-order valence-corrected chi connectivity index (χ4v) is 2.89. The van der Waals surface area contributed by atoms with E-state index in [1.807, 2.05) is 30.5 Å². The number of nitrogens with one attached hydrogen (secondary N) is 2. The van der Waals surface area contributed by atoms with Gasteiger partial charge in [0.2, 0.25) is 5.95 Å². The Morgan fingerprint density at radius 2 is 1.84 bits per heavy atom. The molecule has 126 valence electrons. The normalized spacial score (nSPS) is 14.3. The Balaban J connectivity index is 1.54. The quantitative estimate of drug-likeness (QED) is 0.766. The first-order chi connectivity index (χ1) is 12.4. The molecule has 4 rings (SSSR count). The highest BCUT2D eigenvalue weighted by Crippen LogP contribution is 2.24. The summed E-state index contributed by atoms with van der Waals surface area (Å²) in [7, 11) is 0. The summed E-state index contributed by atoms with van der Waals surface area (Å²) in [5, 5.41) is 6.72. The molecule has 0 unspecified atom stereocenters. The number of pyridine rings is 1. The molecule has 0 bridgehead atoms. The standard InChI is InChI=1S/C19H20N6/c1-3-15(16-4-2-7-21-14-16)13-17(5-1)23-18-6-8-22-19(24-18)25-11-9-20-10-12-25/h1-8,13-14,20H,9-12H2,(H,22,23,24). The lowest BCUT2D eigenvalue weighted by Gasteiger charge is -2.27. The van der Waals surface area contributed by atoms with Crippen LogP contribution in [-0.2, 0) is 0 Å². The van der Waals surface area contributed by atoms with Gasteiger partial charge in [-0.3, -0.25) is 4.98 Å². The number of hydrogen-bond donors (Lipinski definition) is 2. The topological polar surface area (TPSA) is 66.0 Å². The molecule has 0 amide bonds. The van der Waals surface area contributed by atoms with E-state index < -0.39 is 0 Å². The van der Waals surface area contributed by atoms with Crippen molar-refractivity contribution in [3.8, 4) is 11.1 Å². The van der Waals surface area contributed by atoms with E-state index in [1.165, 1.54) is 0 Å². The van der Waals surface area contributed by atoms with E-state index in [0.29, 0.717) is 0 Å². The van der Waals surface area contributed by atoms with Crippen molar-refractivity contribution in [2.24, 2.45) is 0 Å². The van der Waals surface area contributed by atoms with Gasteiger partial charge in [-0.25, -0.2) is 4.98 Å². The van der Waals surface area contributed by atoms with Crippen LogP contribution >= 0.6 is 0 Å². The van der Waals surface area contributed by atoms with Crippen molar-refractivity contribution in [3.05, 3.63) is 61.1 Å². The Morgan fingerprint density at radius 1 is 0.960 bits per heavy atom. The Bertz CT molecular complexity index is 830. The highest BCUT2D eigenvalue weighted by Gasteiger charge is 2.13. The molecule has 1 aliphatic heterocycles. The molecular formula is C19H20N6. The van der Waals surface area contributed by atoms with Gasteiger partial charge in [0, 0.05) is 56.0 Å². The van der Waals surface area contributed by atoms with Crippen LogP contribution < -0.4 is 15.5 Å². The lowest BCUT2D eigenvalue weighted by Crippen LogP contribution is -2.44. The molecule has 1 fully saturated rings. The number of benzene rings is 1. The monoisotopic (exact) mass is 332 g/mol. The van der Waals surface area contributed by atoms with Gasteiger partial charge in [-0.05, 0) is 29.8 Å². The molecule has 6 heteroatoms. The van der Waals surface area contributed by atoms with Crippen LogP contribution in [0.25, 0.3) is 11.1 Å². The van der Waals surface area contributed by atoms with Crippen molar-refractivity contribution in [2.75, 3.05) is 36.4 Å². The molecule has 1 aromatic carbocycles. The Hall–Kier alpha value is -2.99. The third-order valence-corrected chi connectivity index (χ3v) is 4.17. The van der Waals surface area contributed by atoms with E-state index in [4.69, 9.17) is 0 Å². The molecule has 6 nitrogen and oxygen atoms in total. The van der Waals surface area contributed by atoms with E-state index in [9.17, 15) is 0 Å². The van der Waals surface area contributed by atoms with Gasteiger partial charge in [0.1, 0.15) is 5.82 Å². The predicted octanol–water partition coefficient (Wildman–Crippen LogP) is 2.69. The summed E-state index contributed by atoms with van der Waals surface area (Å²) in [5.41, 5.74) is 3.20. The number of anilines is 3. The predicted molar refractivity (Wildman–Crippen MR) is 100 cm³/mol. The molecule has 0 aliphatic carbocycles. The maximum atomic E-state index is 4.66. The first-order valence-corrected chi connectivity index (χ1v) is 8.45. The second-order valence-electron chi connectivity index (χ2n) is 5.93. The smallest absolute Gasteiger partial charge is 0.227 e. The molecule has 2 N–H and O–H groups in total. The van der Waals surface area contributed by atoms with Gasteiger partial charge >= 0.3 is 0 Å². The van der Waals surface area contributed by atoms with Gasteiger partial charge in [-0.15, -0.1) is 0 Å². The van der Waals surface area contributed by atoms with Crippen LogP contribution in [0, 0.1) is 0 Å². The number of rotatable bonds is 4. The largest absolute Gasteiger partial charge is 0.340 e. The van der Waals surface area contributed by atoms with E-state index in [1.54, 1.807) is 12.4 Å². The number of nitrogens with zero attached hydrogens (tertiary/aromatic N) is 4. The highest BCUT2D eigenvalue weighted by atomic mass is 15.3. The van der Waals surface area contributed by atoms with Gasteiger partial charge in [-0.2, -0.15) is 4.98 Å². The summed E-state index contributed by atoms with van der Waals surface area (Å²) in [6.07, 6.45) is 5.45. The Morgan fingerprint density at radius 3 is 2.68 bits per heavy atom. The van der Waals surface area contributed by atoms with Gasteiger partial charge in [-0.1, -0.05) is 18.2 Å². The fourth-order valence-electron chi connectivity index (χ4n) is 2.89. The van der Waals surface area contributed by atoms with Crippen LogP contribution in [0.3, 0.4) is 0 Å². The lowest BCUT2D eigenvalue weighted by atomic mass is 10.1. The summed E-state index contributed by atoms with van der Waals surface area (Å²) in [5.74, 6) is 1.57. The first-order valence-electron chi connectivity index (χ1n) is 8.45. The van der Waals surface area contributed by atoms with Crippen LogP contribution in [0.5, 0.6) is 0 Å². The Kier molecular flexibility index (Phi) is 4.52. The maximum Gasteiger partial charge on any atom is 0.227 e. The van der Waals surface area contributed by atoms with Gasteiger partial charge in [0.25, 0.3) is 0 Å². The molecule has 0 atom stereocenters. The maximum absolute atomic E-state index is 4.66. The van der Waals surface area contributed by atoms with Gasteiger partial charge in [0.15, 0.2) is 0 Å². The van der Waals surface area contributed by atoms with Gasteiger partial charge in [0.05, 0.1) is 0 Å². The van der Waals surface area contributed by atoms with Crippen LogP contribution in [-0.4, -0.2) is 41.1 Å². The molecule has 3 aromatic rings. The van der Waals surface area contributed by atoms with Crippen molar-refractivity contribution in [3.63, 3.8) is 0 Å². The SMILES string of the molecule is c1cncc(-c2cccc(Nc3ccnc(N4CCNCC4)n3)c2)c1. The average molecular weight is 332 g/mol. The summed E-state index contributed by atoms with van der Waals surface area (Å²) in [6.45, 7) is 3.79. The van der Waals surface area contributed by atoms with Crippen molar-refractivity contribution in [1.29, 1.82) is 0 Å². The first kappa shape index (κ1) is 15.5. The minimum absolute atomic E-state index is 0.773. The van der Waals surface area contributed by atoms with E-state index in [0.717, 1.165) is 54.8 Å². The van der Waals surface area contributed by atoms with Crippen LogP contribution in [0.15, 0.2) is 61.1 Å². The molecule has 25 heavy (non-hydrogen) atoms. The number of hydrogen-bond acceptors (Lipinski definition) is 6. The minimum atomic E-state index is 0.773. The number of aromatic nitrogens is 3. The zero-order chi connectivity index (χ0) is 16.9. The van der Waals surface area contributed by atoms with Crippen molar-refractivity contribution < 1.29 is 0 Å². The third-order valence-electron chi connectivity index (χ3n) is 4.17. The second-order valence-corrected chi connectivity index (χ2v) is 5.93. The average Bonchev–Trinajstić information content (AvgIpc) is 2.70. The van der Waals surface area contributed by atoms with Crippen LogP contribution in [0.2, 0.25) is 0 Å². The van der Waals surface area contributed by atoms with Gasteiger partial charge < -0.3 is 15.5 Å². The molecule has 0 saturated carbocycles. The van der Waals surface area contributed by atoms with Crippen molar-refractivity contribution >= 4 is 17.5 Å². The molecule has 0 radical (unpaired) electrons. The third kappa shape index (κ3) is 3.75. The fraction of sp³-hybridized carbons (Fsp3) is 0.211. The zero-order valence-electron chi connectivity index (χ0n) is 13.9. The summed E-state index contributed by atoms with van der Waals surface area (Å²) in [6, 6.07) is 14.1. The Labute approximate surface area is 147 Å². The molecule has 1 aliphatic rings. The highest BCUT2D eigenvalue weighted by molar-refractivity contribution is 5.69. The second kappa shape index (κ2) is 7.27.